The van der Waals surface area contributed by atoms with Crippen LogP contribution in [0, 0.1) is 0 Å². The molecule has 0 amide bonds. The second-order valence-electron chi connectivity index (χ2n) is 8.04. The van der Waals surface area contributed by atoms with Crippen LogP contribution < -0.4 is 5.32 Å². The summed E-state index contributed by atoms with van der Waals surface area (Å²) in [7, 11) is 1.29. The lowest BCUT2D eigenvalue weighted by Gasteiger charge is -2.33. The van der Waals surface area contributed by atoms with E-state index in [1.165, 1.54) is 7.11 Å². The van der Waals surface area contributed by atoms with Gasteiger partial charge in [0, 0.05) is 11.4 Å². The second kappa shape index (κ2) is 9.39. The molecule has 0 saturated carbocycles. The Morgan fingerprint density at radius 2 is 1.50 bits per heavy atom. The third-order valence-corrected chi connectivity index (χ3v) is 6.33. The lowest BCUT2D eigenvalue weighted by atomic mass is 9.80. The molecular formula is C25H25Cl2NO4. The SMILES string of the molecule is COC(=O)C1=C(C)NC(C)=C(C(=O)OC(C)(C)c2ccccc2)C1c1cccc(Cl)c1Cl. The van der Waals surface area contributed by atoms with Crippen LogP contribution in [0.3, 0.4) is 0 Å². The van der Waals surface area contributed by atoms with Crippen molar-refractivity contribution in [2.75, 3.05) is 7.11 Å². The Balaban J connectivity index is 2.13. The summed E-state index contributed by atoms with van der Waals surface area (Å²) in [6.07, 6.45) is 0. The van der Waals surface area contributed by atoms with E-state index in [2.05, 4.69) is 5.32 Å². The summed E-state index contributed by atoms with van der Waals surface area (Å²) < 4.78 is 11.0. The number of esters is 2. The normalized spacial score (nSPS) is 16.5. The minimum atomic E-state index is -0.907. The number of halogens is 2. The van der Waals surface area contributed by atoms with Crippen LogP contribution in [0.4, 0.5) is 0 Å². The van der Waals surface area contributed by atoms with E-state index >= 15 is 0 Å². The number of hydrogen-bond donors (Lipinski definition) is 1. The van der Waals surface area contributed by atoms with Crippen molar-refractivity contribution in [2.24, 2.45) is 0 Å². The fourth-order valence-corrected chi connectivity index (χ4v) is 4.30. The highest BCUT2D eigenvalue weighted by Gasteiger charge is 2.40. The highest BCUT2D eigenvalue weighted by atomic mass is 35.5. The van der Waals surface area contributed by atoms with Gasteiger partial charge in [-0.2, -0.15) is 0 Å². The minimum absolute atomic E-state index is 0.260. The summed E-state index contributed by atoms with van der Waals surface area (Å²) in [5.74, 6) is -1.95. The largest absolute Gasteiger partial charge is 0.466 e. The van der Waals surface area contributed by atoms with Crippen molar-refractivity contribution in [1.29, 1.82) is 0 Å². The predicted octanol–water partition coefficient (Wildman–Crippen LogP) is 5.88. The highest BCUT2D eigenvalue weighted by Crippen LogP contribution is 2.44. The Morgan fingerprint density at radius 3 is 2.09 bits per heavy atom. The van der Waals surface area contributed by atoms with Crippen LogP contribution in [-0.4, -0.2) is 19.0 Å². The molecule has 2 aromatic rings. The summed E-state index contributed by atoms with van der Waals surface area (Å²) in [6.45, 7) is 7.14. The van der Waals surface area contributed by atoms with Crippen molar-refractivity contribution in [3.05, 3.63) is 92.2 Å². The Morgan fingerprint density at radius 1 is 0.906 bits per heavy atom. The number of rotatable bonds is 5. The molecule has 1 aliphatic heterocycles. The number of carbonyl (C=O) groups excluding carboxylic acids is 2. The van der Waals surface area contributed by atoms with Gasteiger partial charge >= 0.3 is 11.9 Å². The summed E-state index contributed by atoms with van der Waals surface area (Å²) in [6, 6.07) is 14.6. The summed E-state index contributed by atoms with van der Waals surface area (Å²) >= 11 is 12.8. The molecule has 0 aliphatic carbocycles. The summed E-state index contributed by atoms with van der Waals surface area (Å²) in [4.78, 5) is 26.3. The molecule has 0 saturated heterocycles. The monoisotopic (exact) mass is 473 g/mol. The zero-order valence-electron chi connectivity index (χ0n) is 18.6. The van der Waals surface area contributed by atoms with Gasteiger partial charge in [0.1, 0.15) is 5.60 Å². The van der Waals surface area contributed by atoms with Crippen LogP contribution >= 0.6 is 23.2 Å². The Labute approximate surface area is 198 Å². The molecule has 0 fully saturated rings. The number of dihydropyridines is 1. The maximum absolute atomic E-state index is 13.6. The van der Waals surface area contributed by atoms with Crippen LogP contribution in [0.25, 0.3) is 0 Å². The summed E-state index contributed by atoms with van der Waals surface area (Å²) in [5, 5.41) is 3.70. The van der Waals surface area contributed by atoms with E-state index in [0.29, 0.717) is 22.0 Å². The topological polar surface area (TPSA) is 64.6 Å². The molecule has 1 N–H and O–H groups in total. The van der Waals surface area contributed by atoms with E-state index in [4.69, 9.17) is 32.7 Å². The van der Waals surface area contributed by atoms with Crippen LogP contribution in [0.1, 0.15) is 44.7 Å². The van der Waals surface area contributed by atoms with E-state index in [1.54, 1.807) is 32.0 Å². The average molecular weight is 474 g/mol. The first kappa shape index (κ1) is 23.9. The third-order valence-electron chi connectivity index (χ3n) is 5.49. The predicted molar refractivity (Wildman–Crippen MR) is 125 cm³/mol. The van der Waals surface area contributed by atoms with Gasteiger partial charge in [-0.1, -0.05) is 65.7 Å². The highest BCUT2D eigenvalue weighted by molar-refractivity contribution is 6.42. The molecule has 1 unspecified atom stereocenters. The van der Waals surface area contributed by atoms with Gasteiger partial charge in [0.15, 0.2) is 0 Å². The van der Waals surface area contributed by atoms with Crippen molar-refractivity contribution in [3.8, 4) is 0 Å². The second-order valence-corrected chi connectivity index (χ2v) is 8.82. The van der Waals surface area contributed by atoms with E-state index in [-0.39, 0.29) is 16.2 Å². The first-order chi connectivity index (χ1) is 15.1. The quantitative estimate of drug-likeness (QED) is 0.549. The van der Waals surface area contributed by atoms with Gasteiger partial charge in [0.25, 0.3) is 0 Å². The van der Waals surface area contributed by atoms with E-state index in [9.17, 15) is 9.59 Å². The molecule has 1 aliphatic rings. The number of nitrogens with one attached hydrogen (secondary N) is 1. The molecule has 32 heavy (non-hydrogen) atoms. The molecule has 0 spiro atoms. The van der Waals surface area contributed by atoms with Crippen LogP contribution in [0.15, 0.2) is 71.1 Å². The minimum Gasteiger partial charge on any atom is -0.466 e. The lowest BCUT2D eigenvalue weighted by molar-refractivity contribution is -0.152. The fourth-order valence-electron chi connectivity index (χ4n) is 3.88. The molecule has 7 heteroatoms. The number of allylic oxidation sites excluding steroid dienone is 2. The molecule has 2 aromatic carbocycles. The molecule has 168 valence electrons. The van der Waals surface area contributed by atoms with Crippen molar-refractivity contribution in [1.82, 2.24) is 5.32 Å². The number of methoxy groups -OCH3 is 1. The van der Waals surface area contributed by atoms with Gasteiger partial charge in [0.05, 0.1) is 34.2 Å². The van der Waals surface area contributed by atoms with Crippen LogP contribution in [-0.2, 0) is 24.7 Å². The van der Waals surface area contributed by atoms with Gasteiger partial charge in [-0.25, -0.2) is 9.59 Å². The molecule has 3 rings (SSSR count). The first-order valence-electron chi connectivity index (χ1n) is 10.1. The van der Waals surface area contributed by atoms with Crippen molar-refractivity contribution >= 4 is 35.1 Å². The molecule has 5 nitrogen and oxygen atoms in total. The Bertz CT molecular complexity index is 1120. The lowest BCUT2D eigenvalue weighted by Crippen LogP contribution is -2.35. The molecule has 0 aromatic heterocycles. The molecule has 0 radical (unpaired) electrons. The first-order valence-corrected chi connectivity index (χ1v) is 10.8. The zero-order chi connectivity index (χ0) is 23.6. The molecular weight excluding hydrogens is 449 g/mol. The van der Waals surface area contributed by atoms with Crippen molar-refractivity contribution < 1.29 is 19.1 Å². The van der Waals surface area contributed by atoms with Gasteiger partial charge < -0.3 is 14.8 Å². The zero-order valence-corrected chi connectivity index (χ0v) is 20.1. The Hall–Kier alpha value is -2.76. The van der Waals surface area contributed by atoms with E-state index in [0.717, 1.165) is 5.56 Å². The molecule has 1 atom stereocenters. The molecule has 1 heterocycles. The number of hydrogen-bond acceptors (Lipinski definition) is 5. The smallest absolute Gasteiger partial charge is 0.337 e. The van der Waals surface area contributed by atoms with Crippen LogP contribution in [0.5, 0.6) is 0 Å². The van der Waals surface area contributed by atoms with Gasteiger partial charge in [-0.3, -0.25) is 0 Å². The average Bonchev–Trinajstić information content (AvgIpc) is 2.75. The van der Waals surface area contributed by atoms with Crippen LogP contribution in [0.2, 0.25) is 10.0 Å². The van der Waals surface area contributed by atoms with Crippen molar-refractivity contribution in [2.45, 2.75) is 39.2 Å². The number of benzene rings is 2. The number of ether oxygens (including phenoxy) is 2. The maximum Gasteiger partial charge on any atom is 0.337 e. The number of carbonyl (C=O) groups is 2. The summed E-state index contributed by atoms with van der Waals surface area (Å²) in [5.41, 5.74) is 2.11. The third kappa shape index (κ3) is 4.54. The van der Waals surface area contributed by atoms with E-state index < -0.39 is 23.5 Å². The van der Waals surface area contributed by atoms with Gasteiger partial charge in [-0.05, 0) is 44.9 Å². The van der Waals surface area contributed by atoms with E-state index in [1.807, 2.05) is 44.2 Å². The Kier molecular flexibility index (Phi) is 7.01. The van der Waals surface area contributed by atoms with Gasteiger partial charge in [-0.15, -0.1) is 0 Å². The van der Waals surface area contributed by atoms with Gasteiger partial charge in [0.2, 0.25) is 0 Å². The van der Waals surface area contributed by atoms with Crippen molar-refractivity contribution in [3.63, 3.8) is 0 Å². The fraction of sp³-hybridized carbons (Fsp3) is 0.280. The molecule has 0 bridgehead atoms. The standard InChI is InChI=1S/C25H25Cl2NO4/c1-14-19(23(29)31-5)21(17-12-9-13-18(26)22(17)27)20(15(2)28-14)24(30)32-25(3,4)16-10-7-6-8-11-16/h6-13,21,28H,1-5H3. The maximum atomic E-state index is 13.6.